The quantitative estimate of drug-likeness (QED) is 0.224. The number of nitro groups is 1. The molecule has 1 saturated heterocycles. The van der Waals surface area contributed by atoms with Gasteiger partial charge in [0.05, 0.1) is 11.0 Å². The fraction of sp³-hybridized carbons (Fsp3) is 0.226. The van der Waals surface area contributed by atoms with Crippen molar-refractivity contribution in [2.45, 2.75) is 12.5 Å². The van der Waals surface area contributed by atoms with Crippen LogP contribution >= 0.6 is 0 Å². The standard InChI is InChI=1S/C31H32N4O2/c36-35(37)30-17-16-28(34-22-20-33(21-23-34)19-18-25-10-4-1-5-11-25)24-29(30)32-31(26-12-6-2-7-13-26)27-14-8-3-9-15-27/h1-17,24,31-32H,18-23H2. The van der Waals surface area contributed by atoms with Gasteiger partial charge in [0.15, 0.2) is 0 Å². The molecule has 0 unspecified atom stereocenters. The van der Waals surface area contributed by atoms with Gasteiger partial charge in [0.1, 0.15) is 5.69 Å². The first-order valence-electron chi connectivity index (χ1n) is 12.8. The Labute approximate surface area is 218 Å². The second-order valence-electron chi connectivity index (χ2n) is 9.42. The molecular formula is C31H32N4O2. The minimum Gasteiger partial charge on any atom is -0.369 e. The number of nitro benzene ring substituents is 1. The van der Waals surface area contributed by atoms with Gasteiger partial charge in [-0.3, -0.25) is 15.0 Å². The molecule has 1 aliphatic heterocycles. The summed E-state index contributed by atoms with van der Waals surface area (Å²) < 4.78 is 0. The van der Waals surface area contributed by atoms with Gasteiger partial charge in [-0.1, -0.05) is 91.0 Å². The van der Waals surface area contributed by atoms with Crippen molar-refractivity contribution in [3.8, 4) is 0 Å². The Bertz CT molecular complexity index is 1250. The molecule has 1 fully saturated rings. The number of hydrogen-bond donors (Lipinski definition) is 1. The van der Waals surface area contributed by atoms with Crippen molar-refractivity contribution in [1.82, 2.24) is 4.90 Å². The van der Waals surface area contributed by atoms with E-state index in [-0.39, 0.29) is 16.7 Å². The monoisotopic (exact) mass is 492 g/mol. The van der Waals surface area contributed by atoms with Gasteiger partial charge >= 0.3 is 0 Å². The van der Waals surface area contributed by atoms with Crippen molar-refractivity contribution >= 4 is 17.1 Å². The van der Waals surface area contributed by atoms with Crippen LogP contribution in [-0.4, -0.2) is 42.5 Å². The average molecular weight is 493 g/mol. The van der Waals surface area contributed by atoms with Crippen molar-refractivity contribution < 1.29 is 4.92 Å². The molecule has 4 aromatic rings. The number of rotatable bonds is 9. The predicted molar refractivity (Wildman–Crippen MR) is 150 cm³/mol. The lowest BCUT2D eigenvalue weighted by atomic mass is 9.98. The molecule has 1 aliphatic rings. The summed E-state index contributed by atoms with van der Waals surface area (Å²) in [6, 6.07) is 36.0. The highest BCUT2D eigenvalue weighted by Crippen LogP contribution is 2.35. The highest BCUT2D eigenvalue weighted by molar-refractivity contribution is 5.70. The second kappa shape index (κ2) is 11.7. The Hall–Kier alpha value is -4.16. The van der Waals surface area contributed by atoms with Crippen LogP contribution in [0, 0.1) is 10.1 Å². The third kappa shape index (κ3) is 6.16. The van der Waals surface area contributed by atoms with E-state index in [1.54, 1.807) is 6.07 Å². The molecule has 0 bridgehead atoms. The van der Waals surface area contributed by atoms with Gasteiger partial charge in [0.2, 0.25) is 0 Å². The predicted octanol–water partition coefficient (Wildman–Crippen LogP) is 6.16. The molecule has 5 rings (SSSR count). The van der Waals surface area contributed by atoms with E-state index in [0.717, 1.165) is 56.0 Å². The number of anilines is 2. The zero-order valence-electron chi connectivity index (χ0n) is 20.9. The Morgan fingerprint density at radius 3 is 1.89 bits per heavy atom. The van der Waals surface area contributed by atoms with Gasteiger partial charge in [0, 0.05) is 44.5 Å². The Balaban J connectivity index is 1.33. The van der Waals surface area contributed by atoms with Gasteiger partial charge in [-0.25, -0.2) is 0 Å². The molecule has 1 N–H and O–H groups in total. The normalized spacial score (nSPS) is 14.0. The van der Waals surface area contributed by atoms with Crippen LogP contribution in [0.2, 0.25) is 0 Å². The summed E-state index contributed by atoms with van der Waals surface area (Å²) in [7, 11) is 0. The first kappa shape index (κ1) is 24.5. The second-order valence-corrected chi connectivity index (χ2v) is 9.42. The van der Waals surface area contributed by atoms with E-state index < -0.39 is 0 Å². The molecule has 0 saturated carbocycles. The van der Waals surface area contributed by atoms with Crippen molar-refractivity contribution in [1.29, 1.82) is 0 Å². The van der Waals surface area contributed by atoms with Gasteiger partial charge in [-0.2, -0.15) is 0 Å². The van der Waals surface area contributed by atoms with E-state index in [4.69, 9.17) is 0 Å². The lowest BCUT2D eigenvalue weighted by Crippen LogP contribution is -2.47. The molecular weight excluding hydrogens is 460 g/mol. The summed E-state index contributed by atoms with van der Waals surface area (Å²) in [6.07, 6.45) is 1.05. The molecule has 0 spiro atoms. The van der Waals surface area contributed by atoms with Gasteiger partial charge in [0.25, 0.3) is 5.69 Å². The minimum atomic E-state index is -0.305. The molecule has 0 atom stereocenters. The van der Waals surface area contributed by atoms with Crippen molar-refractivity contribution in [2.75, 3.05) is 42.9 Å². The highest BCUT2D eigenvalue weighted by Gasteiger charge is 2.23. The van der Waals surface area contributed by atoms with E-state index >= 15 is 0 Å². The van der Waals surface area contributed by atoms with E-state index in [1.165, 1.54) is 5.56 Å². The molecule has 0 aromatic heterocycles. The zero-order valence-corrected chi connectivity index (χ0v) is 20.9. The average Bonchev–Trinajstić information content (AvgIpc) is 2.96. The van der Waals surface area contributed by atoms with Crippen molar-refractivity contribution in [3.05, 3.63) is 136 Å². The number of nitrogens with one attached hydrogen (secondary N) is 1. The zero-order chi connectivity index (χ0) is 25.5. The molecule has 37 heavy (non-hydrogen) atoms. The summed E-state index contributed by atoms with van der Waals surface area (Å²) in [4.78, 5) is 16.5. The Morgan fingerprint density at radius 2 is 1.32 bits per heavy atom. The summed E-state index contributed by atoms with van der Waals surface area (Å²) in [5.41, 5.74) is 5.10. The number of piperazine rings is 1. The minimum absolute atomic E-state index is 0.0853. The third-order valence-electron chi connectivity index (χ3n) is 7.04. The van der Waals surface area contributed by atoms with Crippen molar-refractivity contribution in [2.24, 2.45) is 0 Å². The SMILES string of the molecule is O=[N+]([O-])c1ccc(N2CCN(CCc3ccccc3)CC2)cc1NC(c1ccccc1)c1ccccc1. The molecule has 6 heteroatoms. The van der Waals surface area contributed by atoms with E-state index in [9.17, 15) is 10.1 Å². The molecule has 0 aliphatic carbocycles. The fourth-order valence-corrected chi connectivity index (χ4v) is 4.96. The summed E-state index contributed by atoms with van der Waals surface area (Å²) in [5, 5.41) is 15.5. The lowest BCUT2D eigenvalue weighted by molar-refractivity contribution is -0.384. The summed E-state index contributed by atoms with van der Waals surface area (Å²) >= 11 is 0. The van der Waals surface area contributed by atoms with Crippen LogP contribution in [0.5, 0.6) is 0 Å². The maximum Gasteiger partial charge on any atom is 0.292 e. The fourth-order valence-electron chi connectivity index (χ4n) is 4.96. The van der Waals surface area contributed by atoms with E-state index in [1.807, 2.05) is 48.5 Å². The molecule has 188 valence electrons. The maximum absolute atomic E-state index is 11.9. The highest BCUT2D eigenvalue weighted by atomic mass is 16.6. The van der Waals surface area contributed by atoms with E-state index in [0.29, 0.717) is 5.69 Å². The van der Waals surface area contributed by atoms with Gasteiger partial charge in [-0.05, 0) is 35.2 Å². The third-order valence-corrected chi connectivity index (χ3v) is 7.04. The summed E-state index contributed by atoms with van der Waals surface area (Å²) in [5.74, 6) is 0. The van der Waals surface area contributed by atoms with Crippen LogP contribution in [0.25, 0.3) is 0 Å². The Kier molecular flexibility index (Phi) is 7.77. The topological polar surface area (TPSA) is 61.7 Å². The number of hydrogen-bond acceptors (Lipinski definition) is 5. The number of benzene rings is 4. The van der Waals surface area contributed by atoms with Gasteiger partial charge in [-0.15, -0.1) is 0 Å². The van der Waals surface area contributed by atoms with Crippen LogP contribution in [0.1, 0.15) is 22.7 Å². The van der Waals surface area contributed by atoms with Crippen LogP contribution < -0.4 is 10.2 Å². The van der Waals surface area contributed by atoms with Gasteiger partial charge < -0.3 is 10.2 Å². The Morgan fingerprint density at radius 1 is 0.757 bits per heavy atom. The summed E-state index contributed by atoms with van der Waals surface area (Å²) in [6.45, 7) is 4.78. The maximum atomic E-state index is 11.9. The first-order valence-corrected chi connectivity index (χ1v) is 12.8. The van der Waals surface area contributed by atoms with Crippen molar-refractivity contribution in [3.63, 3.8) is 0 Å². The molecule has 1 heterocycles. The smallest absolute Gasteiger partial charge is 0.292 e. The molecule has 4 aromatic carbocycles. The van der Waals surface area contributed by atoms with Crippen LogP contribution in [0.3, 0.4) is 0 Å². The molecule has 0 radical (unpaired) electrons. The largest absolute Gasteiger partial charge is 0.369 e. The van der Waals surface area contributed by atoms with Crippen LogP contribution in [-0.2, 0) is 6.42 Å². The van der Waals surface area contributed by atoms with Crippen LogP contribution in [0.15, 0.2) is 109 Å². The lowest BCUT2D eigenvalue weighted by Gasteiger charge is -2.36. The van der Waals surface area contributed by atoms with E-state index in [2.05, 4.69) is 69.7 Å². The first-order chi connectivity index (χ1) is 18.2. The molecule has 6 nitrogen and oxygen atoms in total. The number of nitrogens with zero attached hydrogens (tertiary/aromatic N) is 3. The molecule has 0 amide bonds. The van der Waals surface area contributed by atoms with Crippen LogP contribution in [0.4, 0.5) is 17.1 Å².